The third kappa shape index (κ3) is 6.40. The standard InChI is InChI=1S/C23H28N2O3S.C2H2O4/c1-17(2)25-16-22(18-11-13-24(3)14-12-18)21-15-19(9-10-23(21)25)28-29(26,27)20-7-5-4-6-8-20;3-1(4)2(5)6/h4-10,15-18H,11-14H2,1-3H3;(H,3,4)(H,5,6). The Bertz CT molecular complexity index is 1280. The van der Waals surface area contributed by atoms with Crippen LogP contribution in [0.15, 0.2) is 59.6 Å². The summed E-state index contributed by atoms with van der Waals surface area (Å²) < 4.78 is 33.0. The molecule has 0 atom stereocenters. The molecule has 1 aliphatic rings. The van der Waals surface area contributed by atoms with Crippen molar-refractivity contribution < 1.29 is 32.4 Å². The molecule has 2 aromatic carbocycles. The third-order valence-electron chi connectivity index (χ3n) is 5.97. The second-order valence-electron chi connectivity index (χ2n) is 8.80. The maximum Gasteiger partial charge on any atom is 0.414 e. The zero-order valence-corrected chi connectivity index (χ0v) is 20.7. The van der Waals surface area contributed by atoms with Crippen LogP contribution in [0.3, 0.4) is 0 Å². The lowest BCUT2D eigenvalue weighted by atomic mass is 9.89. The number of carboxylic acids is 2. The number of carboxylic acid groups (broad SMARTS) is 2. The van der Waals surface area contributed by atoms with Crippen LogP contribution in [0.5, 0.6) is 5.75 Å². The van der Waals surface area contributed by atoms with Crippen LogP contribution in [0.1, 0.15) is 44.2 Å². The normalized spacial score (nSPS) is 15.0. The van der Waals surface area contributed by atoms with Crippen LogP contribution in [-0.4, -0.2) is 60.2 Å². The summed E-state index contributed by atoms with van der Waals surface area (Å²) in [5.74, 6) is -2.81. The zero-order chi connectivity index (χ0) is 25.8. The van der Waals surface area contributed by atoms with Gasteiger partial charge in [-0.05, 0) is 88.6 Å². The van der Waals surface area contributed by atoms with E-state index in [1.54, 1.807) is 36.4 Å². The van der Waals surface area contributed by atoms with E-state index in [1.807, 2.05) is 12.1 Å². The largest absolute Gasteiger partial charge is 0.473 e. The summed E-state index contributed by atoms with van der Waals surface area (Å²) in [6, 6.07) is 14.2. The fourth-order valence-electron chi connectivity index (χ4n) is 4.15. The van der Waals surface area contributed by atoms with Crippen molar-refractivity contribution in [3.8, 4) is 5.75 Å². The van der Waals surface area contributed by atoms with Gasteiger partial charge < -0.3 is 23.9 Å². The van der Waals surface area contributed by atoms with Crippen molar-refractivity contribution >= 4 is 33.0 Å². The molecule has 2 heterocycles. The molecule has 0 saturated carbocycles. The summed E-state index contributed by atoms with van der Waals surface area (Å²) >= 11 is 0. The highest BCUT2D eigenvalue weighted by molar-refractivity contribution is 7.87. The molecule has 2 N–H and O–H groups in total. The molecule has 0 aliphatic carbocycles. The van der Waals surface area contributed by atoms with Gasteiger partial charge in [0.1, 0.15) is 10.6 Å². The first-order valence-electron chi connectivity index (χ1n) is 11.3. The average Bonchev–Trinajstić information content (AvgIpc) is 3.19. The second kappa shape index (κ2) is 10.9. The Morgan fingerprint density at radius 3 is 2.14 bits per heavy atom. The minimum atomic E-state index is -3.85. The van der Waals surface area contributed by atoms with Gasteiger partial charge in [0.2, 0.25) is 0 Å². The molecule has 0 radical (unpaired) electrons. The van der Waals surface area contributed by atoms with Gasteiger partial charge in [0.25, 0.3) is 0 Å². The molecule has 1 aliphatic heterocycles. The molecule has 1 aromatic heterocycles. The molecule has 1 fully saturated rings. The maximum atomic E-state index is 12.6. The Morgan fingerprint density at radius 1 is 1.00 bits per heavy atom. The van der Waals surface area contributed by atoms with Crippen LogP contribution < -0.4 is 4.18 Å². The average molecular weight is 503 g/mol. The molecule has 0 spiro atoms. The summed E-state index contributed by atoms with van der Waals surface area (Å²) in [6.07, 6.45) is 4.48. The number of hydrogen-bond acceptors (Lipinski definition) is 6. The zero-order valence-electron chi connectivity index (χ0n) is 19.9. The fourth-order valence-corrected chi connectivity index (χ4v) is 5.09. The van der Waals surface area contributed by atoms with E-state index in [-0.39, 0.29) is 4.90 Å². The number of carbonyl (C=O) groups is 2. The lowest BCUT2D eigenvalue weighted by Gasteiger charge is -2.28. The highest BCUT2D eigenvalue weighted by Gasteiger charge is 2.24. The number of aromatic nitrogens is 1. The molecule has 35 heavy (non-hydrogen) atoms. The SMILES string of the molecule is CC(C)n1cc(C2CCN(C)CC2)c2cc(OS(=O)(=O)c3ccccc3)ccc21.O=C(O)C(=O)O. The van der Waals surface area contributed by atoms with E-state index in [0.29, 0.717) is 17.7 Å². The minimum absolute atomic E-state index is 0.162. The predicted octanol–water partition coefficient (Wildman–Crippen LogP) is 3.95. The Hall–Kier alpha value is -3.37. The van der Waals surface area contributed by atoms with Gasteiger partial charge in [0, 0.05) is 23.1 Å². The Kier molecular flexibility index (Phi) is 8.18. The van der Waals surface area contributed by atoms with Crippen LogP contribution in [0, 0.1) is 0 Å². The molecule has 9 nitrogen and oxygen atoms in total. The fraction of sp³-hybridized carbons (Fsp3) is 0.360. The molecule has 3 aromatic rings. The lowest BCUT2D eigenvalue weighted by molar-refractivity contribution is -0.159. The van der Waals surface area contributed by atoms with Crippen molar-refractivity contribution in [3.63, 3.8) is 0 Å². The van der Waals surface area contributed by atoms with Crippen LogP contribution >= 0.6 is 0 Å². The molecule has 10 heteroatoms. The summed E-state index contributed by atoms with van der Waals surface area (Å²) in [6.45, 7) is 6.50. The molecule has 188 valence electrons. The topological polar surface area (TPSA) is 126 Å². The quantitative estimate of drug-likeness (QED) is 0.397. The van der Waals surface area contributed by atoms with E-state index in [0.717, 1.165) is 36.8 Å². The van der Waals surface area contributed by atoms with Gasteiger partial charge >= 0.3 is 22.1 Å². The molecular weight excluding hydrogens is 472 g/mol. The van der Waals surface area contributed by atoms with Crippen molar-refractivity contribution in [1.82, 2.24) is 9.47 Å². The first kappa shape index (κ1) is 26.2. The van der Waals surface area contributed by atoms with Gasteiger partial charge in [0.05, 0.1) is 0 Å². The maximum absolute atomic E-state index is 12.6. The first-order valence-corrected chi connectivity index (χ1v) is 12.7. The Balaban J connectivity index is 0.000000509. The first-order chi connectivity index (χ1) is 16.5. The van der Waals surface area contributed by atoms with Gasteiger partial charge in [-0.1, -0.05) is 18.2 Å². The van der Waals surface area contributed by atoms with Gasteiger partial charge in [-0.2, -0.15) is 8.42 Å². The van der Waals surface area contributed by atoms with Crippen LogP contribution in [0.25, 0.3) is 10.9 Å². The number of rotatable bonds is 5. The van der Waals surface area contributed by atoms with E-state index in [4.69, 9.17) is 24.0 Å². The van der Waals surface area contributed by atoms with Crippen LogP contribution in [0.4, 0.5) is 0 Å². The highest BCUT2D eigenvalue weighted by Crippen LogP contribution is 2.37. The van der Waals surface area contributed by atoms with E-state index >= 15 is 0 Å². The van der Waals surface area contributed by atoms with Gasteiger partial charge in [0.15, 0.2) is 0 Å². The Morgan fingerprint density at radius 2 is 1.60 bits per heavy atom. The van der Waals surface area contributed by atoms with Gasteiger partial charge in [-0.25, -0.2) is 9.59 Å². The monoisotopic (exact) mass is 502 g/mol. The number of likely N-dealkylation sites (tertiary alicyclic amines) is 1. The molecule has 4 rings (SSSR count). The van der Waals surface area contributed by atoms with Crippen molar-refractivity contribution in [2.75, 3.05) is 20.1 Å². The number of nitrogens with zero attached hydrogens (tertiary/aromatic N) is 2. The number of aliphatic carboxylic acids is 2. The summed E-state index contributed by atoms with van der Waals surface area (Å²) in [5, 5.41) is 15.9. The highest BCUT2D eigenvalue weighted by atomic mass is 32.2. The molecule has 0 bridgehead atoms. The van der Waals surface area contributed by atoms with Crippen molar-refractivity contribution in [3.05, 3.63) is 60.3 Å². The van der Waals surface area contributed by atoms with E-state index in [2.05, 4.69) is 36.6 Å². The smallest absolute Gasteiger partial charge is 0.414 e. The second-order valence-corrected chi connectivity index (χ2v) is 10.3. The number of benzene rings is 2. The molecular formula is C25H30N2O7S. The lowest BCUT2D eigenvalue weighted by Crippen LogP contribution is -2.29. The molecule has 0 unspecified atom stereocenters. The van der Waals surface area contributed by atoms with Gasteiger partial charge in [-0.15, -0.1) is 0 Å². The van der Waals surface area contributed by atoms with E-state index in [1.165, 1.54) is 5.56 Å². The summed E-state index contributed by atoms with van der Waals surface area (Å²) in [5.41, 5.74) is 2.42. The van der Waals surface area contributed by atoms with E-state index < -0.39 is 22.1 Å². The number of piperidine rings is 1. The van der Waals surface area contributed by atoms with Crippen LogP contribution in [-0.2, 0) is 19.7 Å². The summed E-state index contributed by atoms with van der Waals surface area (Å²) in [4.78, 5) is 20.7. The van der Waals surface area contributed by atoms with E-state index in [9.17, 15) is 8.42 Å². The van der Waals surface area contributed by atoms with Crippen molar-refractivity contribution in [2.45, 2.75) is 43.5 Å². The molecule has 1 saturated heterocycles. The van der Waals surface area contributed by atoms with Crippen LogP contribution in [0.2, 0.25) is 0 Å². The van der Waals surface area contributed by atoms with Crippen molar-refractivity contribution in [1.29, 1.82) is 0 Å². The molecule has 0 amide bonds. The number of fused-ring (bicyclic) bond motifs is 1. The number of hydrogen-bond donors (Lipinski definition) is 2. The van der Waals surface area contributed by atoms with Gasteiger partial charge in [-0.3, -0.25) is 0 Å². The summed E-state index contributed by atoms with van der Waals surface area (Å²) in [7, 11) is -1.69. The Labute approximate surface area is 204 Å². The van der Waals surface area contributed by atoms with Crippen molar-refractivity contribution in [2.24, 2.45) is 0 Å². The minimum Gasteiger partial charge on any atom is -0.473 e. The third-order valence-corrected chi connectivity index (χ3v) is 7.23. The predicted molar refractivity (Wildman–Crippen MR) is 131 cm³/mol.